The van der Waals surface area contributed by atoms with Crippen molar-refractivity contribution in [2.24, 2.45) is 0 Å². The molecular weight excluding hydrogens is 254 g/mol. The number of phenolic OH excluding ortho intramolecular Hbond substituents is 3. The van der Waals surface area contributed by atoms with Crippen molar-refractivity contribution >= 4 is 5.69 Å². The zero-order chi connectivity index (χ0) is 14.7. The minimum Gasteiger partial charge on any atom is -0.504 e. The number of aryl methyl sites for hydroxylation is 2. The van der Waals surface area contributed by atoms with Crippen molar-refractivity contribution in [2.45, 2.75) is 26.8 Å². The van der Waals surface area contributed by atoms with Crippen LogP contribution in [0.15, 0.2) is 30.3 Å². The largest absolute Gasteiger partial charge is 0.504 e. The van der Waals surface area contributed by atoms with E-state index in [1.54, 1.807) is 6.07 Å². The fourth-order valence-electron chi connectivity index (χ4n) is 2.21. The Morgan fingerprint density at radius 1 is 0.950 bits per heavy atom. The second-order valence-electron chi connectivity index (χ2n) is 4.76. The summed E-state index contributed by atoms with van der Waals surface area (Å²) in [5.74, 6) is -1.09. The number of para-hydroxylation sites is 1. The highest BCUT2D eigenvalue weighted by molar-refractivity contribution is 5.59. The van der Waals surface area contributed by atoms with E-state index in [0.29, 0.717) is 12.1 Å². The smallest absolute Gasteiger partial charge is 0.200 e. The van der Waals surface area contributed by atoms with Gasteiger partial charge in [-0.05, 0) is 36.6 Å². The van der Waals surface area contributed by atoms with E-state index in [1.807, 2.05) is 19.1 Å². The van der Waals surface area contributed by atoms with Gasteiger partial charge in [0.15, 0.2) is 11.5 Å². The third-order valence-corrected chi connectivity index (χ3v) is 3.41. The Kier molecular flexibility index (Phi) is 4.03. The molecule has 4 heteroatoms. The molecule has 0 atom stereocenters. The fraction of sp³-hybridized carbons (Fsp3) is 0.250. The van der Waals surface area contributed by atoms with Gasteiger partial charge in [-0.3, -0.25) is 0 Å². The number of benzene rings is 2. The molecule has 0 aromatic heterocycles. The summed E-state index contributed by atoms with van der Waals surface area (Å²) in [6, 6.07) is 9.05. The summed E-state index contributed by atoms with van der Waals surface area (Å²) in [7, 11) is 0. The van der Waals surface area contributed by atoms with Crippen LogP contribution < -0.4 is 5.32 Å². The molecule has 0 heterocycles. The number of nitrogens with one attached hydrogen (secondary N) is 1. The molecule has 106 valence electrons. The van der Waals surface area contributed by atoms with Crippen LogP contribution in [0.1, 0.15) is 23.6 Å². The van der Waals surface area contributed by atoms with E-state index in [9.17, 15) is 15.3 Å². The van der Waals surface area contributed by atoms with Crippen LogP contribution in [-0.2, 0) is 13.0 Å². The number of anilines is 1. The molecule has 2 aromatic rings. The van der Waals surface area contributed by atoms with Crippen LogP contribution in [0, 0.1) is 6.92 Å². The van der Waals surface area contributed by atoms with E-state index >= 15 is 0 Å². The first-order valence-corrected chi connectivity index (χ1v) is 6.59. The van der Waals surface area contributed by atoms with Crippen molar-refractivity contribution < 1.29 is 15.3 Å². The fourth-order valence-corrected chi connectivity index (χ4v) is 2.21. The molecule has 2 rings (SSSR count). The lowest BCUT2D eigenvalue weighted by Gasteiger charge is -2.15. The molecule has 0 bridgehead atoms. The van der Waals surface area contributed by atoms with E-state index in [-0.39, 0.29) is 11.5 Å². The van der Waals surface area contributed by atoms with Gasteiger partial charge in [-0.25, -0.2) is 0 Å². The lowest BCUT2D eigenvalue weighted by Crippen LogP contribution is -2.04. The van der Waals surface area contributed by atoms with Crippen molar-refractivity contribution in [3.63, 3.8) is 0 Å². The molecule has 0 saturated heterocycles. The number of rotatable bonds is 4. The topological polar surface area (TPSA) is 72.7 Å². The van der Waals surface area contributed by atoms with E-state index in [1.165, 1.54) is 11.6 Å². The normalized spacial score (nSPS) is 10.5. The Labute approximate surface area is 118 Å². The Morgan fingerprint density at radius 2 is 1.70 bits per heavy atom. The lowest BCUT2D eigenvalue weighted by molar-refractivity contribution is 0.365. The zero-order valence-electron chi connectivity index (χ0n) is 11.6. The monoisotopic (exact) mass is 273 g/mol. The summed E-state index contributed by atoms with van der Waals surface area (Å²) in [6.07, 6.45) is 0.914. The highest BCUT2D eigenvalue weighted by Gasteiger charge is 2.11. The van der Waals surface area contributed by atoms with Gasteiger partial charge < -0.3 is 20.6 Å². The highest BCUT2D eigenvalue weighted by atomic mass is 16.3. The van der Waals surface area contributed by atoms with Gasteiger partial charge in [0, 0.05) is 17.8 Å². The first kappa shape index (κ1) is 14.1. The third-order valence-electron chi connectivity index (χ3n) is 3.41. The Balaban J connectivity index is 2.24. The Bertz CT molecular complexity index is 623. The number of hydrogen-bond donors (Lipinski definition) is 4. The van der Waals surface area contributed by atoms with Gasteiger partial charge in [0.25, 0.3) is 0 Å². The van der Waals surface area contributed by atoms with Gasteiger partial charge in [0.2, 0.25) is 5.75 Å². The molecule has 0 amide bonds. The van der Waals surface area contributed by atoms with E-state index in [0.717, 1.165) is 17.7 Å². The average Bonchev–Trinajstić information content (AvgIpc) is 2.45. The number of hydrogen-bond acceptors (Lipinski definition) is 4. The van der Waals surface area contributed by atoms with Crippen molar-refractivity contribution in [2.75, 3.05) is 5.32 Å². The molecular formula is C16H19NO3. The summed E-state index contributed by atoms with van der Waals surface area (Å²) in [4.78, 5) is 0. The Hall–Kier alpha value is -2.36. The first-order valence-electron chi connectivity index (χ1n) is 6.59. The van der Waals surface area contributed by atoms with Gasteiger partial charge in [0.1, 0.15) is 0 Å². The molecule has 0 aliphatic carbocycles. The lowest BCUT2D eigenvalue weighted by atomic mass is 10.1. The molecule has 0 aliphatic rings. The van der Waals surface area contributed by atoms with Crippen LogP contribution in [0.5, 0.6) is 17.2 Å². The molecule has 2 aromatic carbocycles. The van der Waals surface area contributed by atoms with Crippen LogP contribution >= 0.6 is 0 Å². The molecule has 0 radical (unpaired) electrons. The summed E-state index contributed by atoms with van der Waals surface area (Å²) in [5.41, 5.74) is 3.91. The van der Waals surface area contributed by atoms with Gasteiger partial charge in [-0.2, -0.15) is 0 Å². The van der Waals surface area contributed by atoms with E-state index in [2.05, 4.69) is 18.3 Å². The summed E-state index contributed by atoms with van der Waals surface area (Å²) in [6.45, 7) is 4.48. The maximum Gasteiger partial charge on any atom is 0.200 e. The van der Waals surface area contributed by atoms with Crippen LogP contribution in [0.3, 0.4) is 0 Å². The molecule has 4 N–H and O–H groups in total. The average molecular weight is 273 g/mol. The minimum atomic E-state index is -0.482. The van der Waals surface area contributed by atoms with Crippen LogP contribution in [0.4, 0.5) is 5.69 Å². The SMILES string of the molecule is CCc1cccc(C)c1NCc1ccc(O)c(O)c1O. The molecule has 20 heavy (non-hydrogen) atoms. The predicted molar refractivity (Wildman–Crippen MR) is 79.3 cm³/mol. The second-order valence-corrected chi connectivity index (χ2v) is 4.76. The van der Waals surface area contributed by atoms with Gasteiger partial charge >= 0.3 is 0 Å². The van der Waals surface area contributed by atoms with Gasteiger partial charge in [0.05, 0.1) is 0 Å². The maximum absolute atomic E-state index is 9.80. The Morgan fingerprint density at radius 3 is 2.40 bits per heavy atom. The quantitative estimate of drug-likeness (QED) is 0.645. The van der Waals surface area contributed by atoms with Crippen molar-refractivity contribution in [1.82, 2.24) is 0 Å². The van der Waals surface area contributed by atoms with Gasteiger partial charge in [-0.15, -0.1) is 0 Å². The molecule has 0 saturated carbocycles. The minimum absolute atomic E-state index is 0.288. The molecule has 4 nitrogen and oxygen atoms in total. The van der Waals surface area contributed by atoms with Crippen molar-refractivity contribution in [1.29, 1.82) is 0 Å². The summed E-state index contributed by atoms with van der Waals surface area (Å²) < 4.78 is 0. The summed E-state index contributed by atoms with van der Waals surface area (Å²) in [5, 5.41) is 31.9. The molecule has 0 fully saturated rings. The third kappa shape index (κ3) is 2.64. The number of aromatic hydroxyl groups is 3. The predicted octanol–water partition coefficient (Wildman–Crippen LogP) is 3.29. The maximum atomic E-state index is 9.80. The van der Waals surface area contributed by atoms with Crippen molar-refractivity contribution in [3.8, 4) is 17.2 Å². The van der Waals surface area contributed by atoms with Crippen LogP contribution in [0.25, 0.3) is 0 Å². The zero-order valence-corrected chi connectivity index (χ0v) is 11.6. The molecule has 0 aliphatic heterocycles. The van der Waals surface area contributed by atoms with Crippen LogP contribution in [-0.4, -0.2) is 15.3 Å². The molecule has 0 spiro atoms. The molecule has 0 unspecified atom stereocenters. The summed E-state index contributed by atoms with van der Waals surface area (Å²) >= 11 is 0. The van der Waals surface area contributed by atoms with E-state index in [4.69, 9.17) is 0 Å². The van der Waals surface area contributed by atoms with Gasteiger partial charge in [-0.1, -0.05) is 25.1 Å². The van der Waals surface area contributed by atoms with E-state index < -0.39 is 5.75 Å². The van der Waals surface area contributed by atoms with Crippen molar-refractivity contribution in [3.05, 3.63) is 47.0 Å². The number of phenols is 3. The van der Waals surface area contributed by atoms with Crippen LogP contribution in [0.2, 0.25) is 0 Å². The standard InChI is InChI=1S/C16H19NO3/c1-3-11-6-4-5-10(2)14(11)17-9-12-7-8-13(18)16(20)15(12)19/h4-8,17-20H,3,9H2,1-2H3. The first-order chi connectivity index (χ1) is 9.54. The second kappa shape index (κ2) is 5.74. The highest BCUT2D eigenvalue weighted by Crippen LogP contribution is 2.37.